The average molecular weight is 363 g/mol. The normalized spacial score (nSPS) is 16.5. The lowest BCUT2D eigenvalue weighted by Gasteiger charge is -2.35. The molecule has 0 saturated carbocycles. The average Bonchev–Trinajstić information content (AvgIpc) is 2.58. The van der Waals surface area contributed by atoms with E-state index in [0.717, 1.165) is 51.8 Å². The van der Waals surface area contributed by atoms with Gasteiger partial charge >= 0.3 is 0 Å². The van der Waals surface area contributed by atoms with Gasteiger partial charge in [-0.05, 0) is 44.2 Å². The Labute approximate surface area is 162 Å². The van der Waals surface area contributed by atoms with Gasteiger partial charge in [-0.25, -0.2) is 0 Å². The summed E-state index contributed by atoms with van der Waals surface area (Å²) in [5.74, 6) is 0.728. The number of ether oxygens (including phenoxy) is 1. The van der Waals surface area contributed by atoms with E-state index < -0.39 is 0 Å². The molecule has 1 heterocycles. The van der Waals surface area contributed by atoms with Crippen LogP contribution in [0.2, 0.25) is 0 Å². The fraction of sp³-hybridized carbons (Fsp3) is 0.739. The summed E-state index contributed by atoms with van der Waals surface area (Å²) in [7, 11) is 0. The molecule has 1 aromatic rings. The predicted octanol–water partition coefficient (Wildman–Crippen LogP) is 4.84. The number of nitrogens with zero attached hydrogens (tertiary/aromatic N) is 2. The van der Waals surface area contributed by atoms with E-state index in [9.17, 15) is 0 Å². The highest BCUT2D eigenvalue weighted by Gasteiger charge is 2.18. The van der Waals surface area contributed by atoms with Gasteiger partial charge in [-0.1, -0.05) is 52.0 Å². The van der Waals surface area contributed by atoms with Crippen LogP contribution in [0.25, 0.3) is 0 Å². The van der Waals surface area contributed by atoms with Crippen LogP contribution in [0.3, 0.4) is 0 Å². The van der Waals surface area contributed by atoms with Crippen LogP contribution in [-0.4, -0.2) is 54.7 Å². The summed E-state index contributed by atoms with van der Waals surface area (Å²) in [6.07, 6.45) is 1.18. The molecule has 2 rings (SSSR count). The van der Waals surface area contributed by atoms with Crippen molar-refractivity contribution in [1.29, 1.82) is 0 Å². The Morgan fingerprint density at radius 2 is 1.38 bits per heavy atom. The third kappa shape index (κ3) is 9.70. The molecule has 26 heavy (non-hydrogen) atoms. The van der Waals surface area contributed by atoms with Crippen LogP contribution < -0.4 is 0 Å². The maximum atomic E-state index is 5.84. The van der Waals surface area contributed by atoms with Crippen LogP contribution in [0.5, 0.6) is 0 Å². The molecule has 0 radical (unpaired) electrons. The van der Waals surface area contributed by atoms with E-state index in [-0.39, 0.29) is 5.60 Å². The van der Waals surface area contributed by atoms with Crippen molar-refractivity contribution in [2.24, 2.45) is 5.92 Å². The molecular formula is C23H42N2O. The van der Waals surface area contributed by atoms with Crippen LogP contribution in [0.1, 0.15) is 59.6 Å². The second-order valence-corrected chi connectivity index (χ2v) is 8.49. The Hall–Kier alpha value is -0.900. The van der Waals surface area contributed by atoms with Crippen molar-refractivity contribution >= 4 is 0 Å². The lowest BCUT2D eigenvalue weighted by Crippen LogP contribution is -2.47. The van der Waals surface area contributed by atoms with E-state index in [1.165, 1.54) is 17.5 Å². The first-order valence-electron chi connectivity index (χ1n) is 10.5. The highest BCUT2D eigenvalue weighted by Crippen LogP contribution is 2.13. The molecule has 0 atom stereocenters. The maximum absolute atomic E-state index is 5.84. The Morgan fingerprint density at radius 3 is 1.88 bits per heavy atom. The van der Waals surface area contributed by atoms with E-state index >= 15 is 0 Å². The molecule has 1 saturated heterocycles. The van der Waals surface area contributed by atoms with Crippen LogP contribution in [0, 0.1) is 5.92 Å². The Morgan fingerprint density at radius 1 is 0.885 bits per heavy atom. The Balaban J connectivity index is 0.00000163. The number of rotatable bonds is 7. The van der Waals surface area contributed by atoms with Gasteiger partial charge in [0.05, 0.1) is 12.2 Å². The van der Waals surface area contributed by atoms with Crippen LogP contribution in [-0.2, 0) is 17.7 Å². The SMILES string of the molecule is CC.CC(C)Cc1ccc(CN2CCN(CCOC(C)(C)C)CC2)cc1. The molecule has 0 N–H and O–H groups in total. The monoisotopic (exact) mass is 362 g/mol. The fourth-order valence-electron chi connectivity index (χ4n) is 3.16. The Kier molecular flexibility index (Phi) is 10.4. The molecule has 3 nitrogen and oxygen atoms in total. The smallest absolute Gasteiger partial charge is 0.0600 e. The van der Waals surface area contributed by atoms with Crippen molar-refractivity contribution in [3.05, 3.63) is 35.4 Å². The summed E-state index contributed by atoms with van der Waals surface area (Å²) in [6.45, 7) is 22.5. The highest BCUT2D eigenvalue weighted by atomic mass is 16.5. The molecule has 0 amide bonds. The van der Waals surface area contributed by atoms with Gasteiger partial charge in [0.25, 0.3) is 0 Å². The summed E-state index contributed by atoms with van der Waals surface area (Å²) >= 11 is 0. The molecule has 1 fully saturated rings. The summed E-state index contributed by atoms with van der Waals surface area (Å²) in [4.78, 5) is 5.09. The van der Waals surface area contributed by atoms with Crippen molar-refractivity contribution in [2.75, 3.05) is 39.3 Å². The van der Waals surface area contributed by atoms with Gasteiger partial charge in [0.2, 0.25) is 0 Å². The topological polar surface area (TPSA) is 15.7 Å². The van der Waals surface area contributed by atoms with Crippen LogP contribution in [0.4, 0.5) is 0 Å². The zero-order chi connectivity index (χ0) is 19.6. The molecule has 0 unspecified atom stereocenters. The summed E-state index contributed by atoms with van der Waals surface area (Å²) in [6, 6.07) is 9.22. The predicted molar refractivity (Wildman–Crippen MR) is 114 cm³/mol. The molecular weight excluding hydrogens is 320 g/mol. The van der Waals surface area contributed by atoms with Crippen molar-refractivity contribution in [1.82, 2.24) is 9.80 Å². The van der Waals surface area contributed by atoms with E-state index in [1.54, 1.807) is 0 Å². The summed E-state index contributed by atoms with van der Waals surface area (Å²) in [5.41, 5.74) is 2.87. The third-order valence-corrected chi connectivity index (χ3v) is 4.48. The van der Waals surface area contributed by atoms with Gasteiger partial charge in [0.1, 0.15) is 0 Å². The minimum absolute atomic E-state index is 0.0243. The second kappa shape index (κ2) is 11.7. The lowest BCUT2D eigenvalue weighted by molar-refractivity contribution is -0.0180. The van der Waals surface area contributed by atoms with Gasteiger partial charge in [0.15, 0.2) is 0 Å². The molecule has 0 spiro atoms. The van der Waals surface area contributed by atoms with Crippen molar-refractivity contribution in [2.45, 2.75) is 67.0 Å². The van der Waals surface area contributed by atoms with Crippen LogP contribution >= 0.6 is 0 Å². The lowest BCUT2D eigenvalue weighted by atomic mass is 10.0. The zero-order valence-corrected chi connectivity index (χ0v) is 18.3. The Bertz CT molecular complexity index is 468. The molecule has 0 bridgehead atoms. The molecule has 0 aromatic heterocycles. The minimum Gasteiger partial charge on any atom is -0.375 e. The molecule has 1 aromatic carbocycles. The number of benzene rings is 1. The van der Waals surface area contributed by atoms with Gasteiger partial charge in [-0.2, -0.15) is 0 Å². The first-order valence-corrected chi connectivity index (χ1v) is 10.5. The molecule has 0 aliphatic carbocycles. The highest BCUT2D eigenvalue weighted by molar-refractivity contribution is 5.22. The first-order chi connectivity index (χ1) is 12.3. The fourth-order valence-corrected chi connectivity index (χ4v) is 3.16. The standard InChI is InChI=1S/C21H36N2O.C2H6/c1-18(2)16-19-6-8-20(9-7-19)17-23-12-10-22(11-13-23)14-15-24-21(3,4)5;1-2/h6-9,18H,10-17H2,1-5H3;1-2H3. The van der Waals surface area contributed by atoms with E-state index in [1.807, 2.05) is 13.8 Å². The van der Waals surface area contributed by atoms with E-state index in [0.29, 0.717) is 0 Å². The number of hydrogen-bond acceptors (Lipinski definition) is 3. The van der Waals surface area contributed by atoms with E-state index in [4.69, 9.17) is 4.74 Å². The second-order valence-electron chi connectivity index (χ2n) is 8.49. The minimum atomic E-state index is -0.0243. The van der Waals surface area contributed by atoms with Crippen molar-refractivity contribution in [3.63, 3.8) is 0 Å². The first kappa shape index (κ1) is 23.1. The number of hydrogen-bond donors (Lipinski definition) is 0. The quantitative estimate of drug-likeness (QED) is 0.690. The maximum Gasteiger partial charge on any atom is 0.0600 e. The molecule has 1 aliphatic heterocycles. The number of piperazine rings is 1. The third-order valence-electron chi connectivity index (χ3n) is 4.48. The molecule has 1 aliphatic rings. The summed E-state index contributed by atoms with van der Waals surface area (Å²) < 4.78 is 5.84. The van der Waals surface area contributed by atoms with Crippen LogP contribution in [0.15, 0.2) is 24.3 Å². The van der Waals surface area contributed by atoms with Crippen molar-refractivity contribution < 1.29 is 4.74 Å². The zero-order valence-electron chi connectivity index (χ0n) is 18.3. The van der Waals surface area contributed by atoms with E-state index in [2.05, 4.69) is 68.7 Å². The van der Waals surface area contributed by atoms with Gasteiger partial charge in [0, 0.05) is 39.3 Å². The van der Waals surface area contributed by atoms with Crippen molar-refractivity contribution in [3.8, 4) is 0 Å². The summed E-state index contributed by atoms with van der Waals surface area (Å²) in [5, 5.41) is 0. The van der Waals surface area contributed by atoms with Gasteiger partial charge in [-0.15, -0.1) is 0 Å². The molecule has 3 heteroatoms. The molecule has 150 valence electrons. The van der Waals surface area contributed by atoms with Gasteiger partial charge < -0.3 is 4.74 Å². The largest absolute Gasteiger partial charge is 0.375 e. The van der Waals surface area contributed by atoms with Gasteiger partial charge in [-0.3, -0.25) is 9.80 Å².